The number of aryl methyl sites for hydroxylation is 3. The van der Waals surface area contributed by atoms with Crippen LogP contribution in [-0.2, 0) is 16.6 Å². The van der Waals surface area contributed by atoms with Crippen LogP contribution >= 0.6 is 0 Å². The molecule has 26 heavy (non-hydrogen) atoms. The van der Waals surface area contributed by atoms with Crippen LogP contribution < -0.4 is 0 Å². The molecule has 3 aromatic rings. The molecule has 3 aromatic heterocycles. The molecular weight excluding hydrogens is 354 g/mol. The molecule has 0 amide bonds. The van der Waals surface area contributed by atoms with Crippen LogP contribution in [0.1, 0.15) is 36.5 Å². The molecule has 0 spiro atoms. The second kappa shape index (κ2) is 6.17. The van der Waals surface area contributed by atoms with E-state index in [-0.39, 0.29) is 10.8 Å². The van der Waals surface area contributed by atoms with Crippen molar-refractivity contribution in [2.75, 3.05) is 13.1 Å². The van der Waals surface area contributed by atoms with Crippen LogP contribution in [-0.4, -0.2) is 45.5 Å². The third kappa shape index (κ3) is 2.53. The zero-order valence-electron chi connectivity index (χ0n) is 15.0. The van der Waals surface area contributed by atoms with Gasteiger partial charge in [-0.05, 0) is 39.3 Å². The summed E-state index contributed by atoms with van der Waals surface area (Å²) in [6, 6.07) is 3.80. The predicted octanol–water partition coefficient (Wildman–Crippen LogP) is 2.23. The fourth-order valence-electron chi connectivity index (χ4n) is 3.73. The highest BCUT2D eigenvalue weighted by molar-refractivity contribution is 7.89. The highest BCUT2D eigenvalue weighted by Crippen LogP contribution is 2.33. The number of aromatic nitrogens is 4. The van der Waals surface area contributed by atoms with Crippen molar-refractivity contribution in [2.45, 2.75) is 44.6 Å². The number of nitrogens with zero attached hydrogens (tertiary/aromatic N) is 5. The molecule has 138 valence electrons. The number of pyridine rings is 1. The van der Waals surface area contributed by atoms with Crippen LogP contribution in [0.4, 0.5) is 0 Å². The van der Waals surface area contributed by atoms with E-state index in [1.807, 2.05) is 19.1 Å². The molecule has 0 bridgehead atoms. The van der Waals surface area contributed by atoms with Gasteiger partial charge in [-0.15, -0.1) is 0 Å². The van der Waals surface area contributed by atoms with Gasteiger partial charge in [0.05, 0.1) is 0 Å². The SMILES string of the molecule is CCn1c(C2CCN(S(=O)(=O)c3c(C)noc3C)C2)nc2cccnc21. The van der Waals surface area contributed by atoms with E-state index in [2.05, 4.69) is 14.7 Å². The van der Waals surface area contributed by atoms with Crippen LogP contribution in [0, 0.1) is 13.8 Å². The summed E-state index contributed by atoms with van der Waals surface area (Å²) in [6.45, 7) is 6.93. The molecule has 1 aliphatic heterocycles. The van der Waals surface area contributed by atoms with Crippen LogP contribution in [0.25, 0.3) is 11.2 Å². The lowest BCUT2D eigenvalue weighted by atomic mass is 10.1. The largest absolute Gasteiger partial charge is 0.360 e. The van der Waals surface area contributed by atoms with Gasteiger partial charge in [-0.2, -0.15) is 4.31 Å². The Morgan fingerprint density at radius 3 is 2.85 bits per heavy atom. The highest BCUT2D eigenvalue weighted by Gasteiger charge is 2.38. The average Bonchev–Trinajstić information content (AvgIpc) is 3.31. The van der Waals surface area contributed by atoms with Crippen molar-refractivity contribution in [3.8, 4) is 0 Å². The van der Waals surface area contributed by atoms with Crippen LogP contribution in [0.15, 0.2) is 27.7 Å². The monoisotopic (exact) mass is 375 g/mol. The van der Waals surface area contributed by atoms with E-state index < -0.39 is 10.0 Å². The van der Waals surface area contributed by atoms with E-state index in [1.54, 1.807) is 20.0 Å². The normalized spacial score (nSPS) is 18.8. The molecule has 8 nitrogen and oxygen atoms in total. The van der Waals surface area contributed by atoms with Crippen LogP contribution in [0.3, 0.4) is 0 Å². The molecule has 1 fully saturated rings. The average molecular weight is 375 g/mol. The van der Waals surface area contributed by atoms with Gasteiger partial charge in [0, 0.05) is 31.7 Å². The predicted molar refractivity (Wildman–Crippen MR) is 95.3 cm³/mol. The third-order valence-corrected chi connectivity index (χ3v) is 7.04. The van der Waals surface area contributed by atoms with Gasteiger partial charge in [-0.3, -0.25) is 0 Å². The van der Waals surface area contributed by atoms with E-state index >= 15 is 0 Å². The highest BCUT2D eigenvalue weighted by atomic mass is 32.2. The summed E-state index contributed by atoms with van der Waals surface area (Å²) in [5.74, 6) is 1.27. The fourth-order valence-corrected chi connectivity index (χ4v) is 5.52. The molecule has 1 atom stereocenters. The zero-order chi connectivity index (χ0) is 18.5. The van der Waals surface area contributed by atoms with E-state index in [0.717, 1.165) is 30.0 Å². The second-order valence-corrected chi connectivity index (χ2v) is 8.44. The summed E-state index contributed by atoms with van der Waals surface area (Å²) in [4.78, 5) is 9.34. The number of imidazole rings is 1. The molecular formula is C17H21N5O3S. The molecule has 0 saturated carbocycles. The van der Waals surface area contributed by atoms with E-state index in [1.165, 1.54) is 4.31 Å². The van der Waals surface area contributed by atoms with Gasteiger partial charge in [0.25, 0.3) is 0 Å². The van der Waals surface area contributed by atoms with Crippen LogP contribution in [0.2, 0.25) is 0 Å². The quantitative estimate of drug-likeness (QED) is 0.694. The maximum atomic E-state index is 13.0. The smallest absolute Gasteiger partial charge is 0.248 e. The van der Waals surface area contributed by atoms with E-state index in [9.17, 15) is 8.42 Å². The summed E-state index contributed by atoms with van der Waals surface area (Å²) in [7, 11) is -3.62. The first-order chi connectivity index (χ1) is 12.4. The number of rotatable bonds is 4. The molecule has 0 aliphatic carbocycles. The van der Waals surface area contributed by atoms with Gasteiger partial charge < -0.3 is 9.09 Å². The number of fused-ring (bicyclic) bond motifs is 1. The Balaban J connectivity index is 1.67. The lowest BCUT2D eigenvalue weighted by Gasteiger charge is -2.16. The maximum Gasteiger partial charge on any atom is 0.248 e. The van der Waals surface area contributed by atoms with Gasteiger partial charge in [0.1, 0.15) is 21.9 Å². The summed E-state index contributed by atoms with van der Waals surface area (Å²) in [5.41, 5.74) is 2.09. The minimum absolute atomic E-state index is 0.0411. The second-order valence-electron chi connectivity index (χ2n) is 6.56. The van der Waals surface area contributed by atoms with Crippen molar-refractivity contribution < 1.29 is 12.9 Å². The Kier molecular flexibility index (Phi) is 4.07. The van der Waals surface area contributed by atoms with Crippen molar-refractivity contribution in [3.63, 3.8) is 0 Å². The first-order valence-electron chi connectivity index (χ1n) is 8.67. The van der Waals surface area contributed by atoms with Crippen molar-refractivity contribution in [3.05, 3.63) is 35.6 Å². The van der Waals surface area contributed by atoms with Gasteiger partial charge >= 0.3 is 0 Å². The lowest BCUT2D eigenvalue weighted by molar-refractivity contribution is 0.389. The molecule has 0 N–H and O–H groups in total. The Morgan fingerprint density at radius 1 is 1.35 bits per heavy atom. The number of hydrogen-bond acceptors (Lipinski definition) is 6. The summed E-state index contributed by atoms with van der Waals surface area (Å²) < 4.78 is 34.7. The Labute approximate surface area is 151 Å². The van der Waals surface area contributed by atoms with Crippen molar-refractivity contribution in [2.24, 2.45) is 0 Å². The van der Waals surface area contributed by atoms with E-state index in [0.29, 0.717) is 24.5 Å². The Bertz CT molecular complexity index is 1050. The number of sulfonamides is 1. The molecule has 1 unspecified atom stereocenters. The summed E-state index contributed by atoms with van der Waals surface area (Å²) >= 11 is 0. The first kappa shape index (κ1) is 17.2. The standard InChI is InChI=1S/C17H21N5O3S/c1-4-22-16(19-14-6-5-8-18-17(14)22)13-7-9-21(10-13)26(23,24)15-11(2)20-25-12(15)3/h5-6,8,13H,4,7,9-10H2,1-3H3. The molecule has 4 rings (SSSR count). The minimum atomic E-state index is -3.62. The third-order valence-electron chi connectivity index (χ3n) is 4.93. The molecule has 1 saturated heterocycles. The Morgan fingerprint density at radius 2 is 2.15 bits per heavy atom. The van der Waals surface area contributed by atoms with Crippen molar-refractivity contribution in [1.82, 2.24) is 24.0 Å². The van der Waals surface area contributed by atoms with Gasteiger partial charge in [0.15, 0.2) is 11.4 Å². The first-order valence-corrected chi connectivity index (χ1v) is 10.1. The molecule has 1 aliphatic rings. The van der Waals surface area contributed by atoms with Crippen LogP contribution in [0.5, 0.6) is 0 Å². The minimum Gasteiger partial charge on any atom is -0.360 e. The molecule has 0 radical (unpaired) electrons. The zero-order valence-corrected chi connectivity index (χ0v) is 15.8. The van der Waals surface area contributed by atoms with Gasteiger partial charge in [-0.1, -0.05) is 5.16 Å². The topological polar surface area (TPSA) is 94.1 Å². The molecule has 4 heterocycles. The molecule has 9 heteroatoms. The van der Waals surface area contributed by atoms with Crippen molar-refractivity contribution in [1.29, 1.82) is 0 Å². The van der Waals surface area contributed by atoms with Gasteiger partial charge in [-0.25, -0.2) is 18.4 Å². The summed E-state index contributed by atoms with van der Waals surface area (Å²) in [5, 5.41) is 3.78. The lowest BCUT2D eigenvalue weighted by Crippen LogP contribution is -2.29. The number of hydrogen-bond donors (Lipinski definition) is 0. The van der Waals surface area contributed by atoms with Crippen molar-refractivity contribution >= 4 is 21.2 Å². The maximum absolute atomic E-state index is 13.0. The van der Waals surface area contributed by atoms with E-state index in [4.69, 9.17) is 9.51 Å². The molecule has 0 aromatic carbocycles. The summed E-state index contributed by atoms with van der Waals surface area (Å²) in [6.07, 6.45) is 2.48. The van der Waals surface area contributed by atoms with Gasteiger partial charge in [0.2, 0.25) is 10.0 Å². The fraction of sp³-hybridized carbons (Fsp3) is 0.471. The Hall–Kier alpha value is -2.26.